The second-order valence-corrected chi connectivity index (χ2v) is 4.13. The van der Waals surface area contributed by atoms with Gasteiger partial charge in [-0.25, -0.2) is 0 Å². The molecule has 2 bridgehead atoms. The molecule has 0 fully saturated rings. The number of ether oxygens (including phenoxy) is 1. The van der Waals surface area contributed by atoms with Crippen LogP contribution in [0.4, 0.5) is 0 Å². The summed E-state index contributed by atoms with van der Waals surface area (Å²) in [5.74, 6) is 0.00979. The Labute approximate surface area is 92.2 Å². The summed E-state index contributed by atoms with van der Waals surface area (Å²) in [6.45, 7) is 2.06. The van der Waals surface area contributed by atoms with E-state index >= 15 is 0 Å². The monoisotopic (exact) mass is 223 g/mol. The SMILES string of the molecule is CCn1c(O)c2c(c1O)C1(CO)C=CC2O1. The van der Waals surface area contributed by atoms with E-state index in [1.807, 2.05) is 6.92 Å². The third kappa shape index (κ3) is 0.842. The molecule has 16 heavy (non-hydrogen) atoms. The van der Waals surface area contributed by atoms with E-state index in [0.29, 0.717) is 17.7 Å². The molecule has 0 aliphatic carbocycles. The number of nitrogens with zero attached hydrogens (tertiary/aromatic N) is 1. The maximum atomic E-state index is 10.0. The van der Waals surface area contributed by atoms with Gasteiger partial charge in [-0.1, -0.05) is 6.08 Å². The van der Waals surface area contributed by atoms with Gasteiger partial charge in [0.15, 0.2) is 0 Å². The molecular formula is C11H13NO4. The minimum Gasteiger partial charge on any atom is -0.494 e. The summed E-state index contributed by atoms with van der Waals surface area (Å²) in [5.41, 5.74) is 0.111. The maximum Gasteiger partial charge on any atom is 0.200 e. The topological polar surface area (TPSA) is 74.9 Å². The molecule has 2 aliphatic heterocycles. The standard InChI is InChI=1S/C11H13NO4/c1-2-12-9(14)7-6-3-4-11(5-13,16-6)8(7)10(12)15/h3-4,6,13-15H,2,5H2,1H3. The lowest BCUT2D eigenvalue weighted by atomic mass is 9.90. The maximum absolute atomic E-state index is 10.0. The molecule has 0 saturated carbocycles. The van der Waals surface area contributed by atoms with E-state index in [1.54, 1.807) is 12.2 Å². The molecule has 0 amide bonds. The first-order valence-corrected chi connectivity index (χ1v) is 5.27. The number of hydrogen-bond donors (Lipinski definition) is 3. The van der Waals surface area contributed by atoms with Gasteiger partial charge in [-0.2, -0.15) is 0 Å². The Morgan fingerprint density at radius 1 is 1.44 bits per heavy atom. The Morgan fingerprint density at radius 2 is 2.19 bits per heavy atom. The summed E-state index contributed by atoms with van der Waals surface area (Å²) < 4.78 is 7.00. The Balaban J connectivity index is 2.29. The van der Waals surface area contributed by atoms with Gasteiger partial charge in [0.25, 0.3) is 0 Å². The lowest BCUT2D eigenvalue weighted by Gasteiger charge is -2.20. The molecule has 0 aromatic carbocycles. The van der Waals surface area contributed by atoms with Crippen molar-refractivity contribution in [2.24, 2.45) is 0 Å². The van der Waals surface area contributed by atoms with Crippen molar-refractivity contribution in [3.8, 4) is 11.8 Å². The zero-order chi connectivity index (χ0) is 11.5. The highest BCUT2D eigenvalue weighted by atomic mass is 16.5. The van der Waals surface area contributed by atoms with Gasteiger partial charge < -0.3 is 20.1 Å². The highest BCUT2D eigenvalue weighted by Gasteiger charge is 2.52. The number of fused-ring (bicyclic) bond motifs is 5. The van der Waals surface area contributed by atoms with Crippen LogP contribution in [0.3, 0.4) is 0 Å². The van der Waals surface area contributed by atoms with Gasteiger partial charge in [-0.15, -0.1) is 0 Å². The summed E-state index contributed by atoms with van der Waals surface area (Å²) in [7, 11) is 0. The summed E-state index contributed by atoms with van der Waals surface area (Å²) in [4.78, 5) is 0. The molecule has 2 atom stereocenters. The first-order valence-electron chi connectivity index (χ1n) is 5.27. The molecule has 0 saturated heterocycles. The molecule has 5 heteroatoms. The van der Waals surface area contributed by atoms with Gasteiger partial charge in [0.1, 0.15) is 11.7 Å². The minimum atomic E-state index is -0.970. The molecule has 1 aromatic heterocycles. The molecule has 3 heterocycles. The van der Waals surface area contributed by atoms with Gasteiger partial charge in [-0.05, 0) is 13.0 Å². The first-order chi connectivity index (χ1) is 7.64. The molecule has 86 valence electrons. The Hall–Kier alpha value is -1.46. The Morgan fingerprint density at radius 3 is 2.81 bits per heavy atom. The lowest BCUT2D eigenvalue weighted by molar-refractivity contribution is -0.0417. The predicted octanol–water partition coefficient (Wildman–Crippen LogP) is 0.748. The second-order valence-electron chi connectivity index (χ2n) is 4.13. The van der Waals surface area contributed by atoms with E-state index in [1.165, 1.54) is 4.57 Å². The normalized spacial score (nSPS) is 30.0. The van der Waals surface area contributed by atoms with Crippen LogP contribution in [0.15, 0.2) is 12.2 Å². The van der Waals surface area contributed by atoms with Crippen LogP contribution in [0.25, 0.3) is 0 Å². The van der Waals surface area contributed by atoms with Crippen LogP contribution in [0, 0.1) is 0 Å². The largest absolute Gasteiger partial charge is 0.494 e. The van der Waals surface area contributed by atoms with Crippen molar-refractivity contribution in [3.63, 3.8) is 0 Å². The number of aromatic hydroxyl groups is 2. The van der Waals surface area contributed by atoms with Crippen LogP contribution in [0.5, 0.6) is 11.8 Å². The van der Waals surface area contributed by atoms with Crippen molar-refractivity contribution < 1.29 is 20.1 Å². The summed E-state index contributed by atoms with van der Waals surface area (Å²) in [5, 5.41) is 29.4. The smallest absolute Gasteiger partial charge is 0.200 e. The van der Waals surface area contributed by atoms with Crippen molar-refractivity contribution in [1.29, 1.82) is 0 Å². The first kappa shape index (κ1) is 9.74. The van der Waals surface area contributed by atoms with Crippen LogP contribution < -0.4 is 0 Å². The zero-order valence-electron chi connectivity index (χ0n) is 8.84. The molecule has 2 unspecified atom stereocenters. The fraction of sp³-hybridized carbons (Fsp3) is 0.455. The van der Waals surface area contributed by atoms with E-state index in [0.717, 1.165) is 0 Å². The minimum absolute atomic E-state index is 0.0177. The number of aliphatic hydroxyl groups is 1. The van der Waals surface area contributed by atoms with Crippen LogP contribution >= 0.6 is 0 Å². The van der Waals surface area contributed by atoms with Crippen molar-refractivity contribution in [1.82, 2.24) is 4.57 Å². The molecular weight excluding hydrogens is 210 g/mol. The summed E-state index contributed by atoms with van der Waals surface area (Å²) in [6.07, 6.45) is 3.16. The Kier molecular flexibility index (Phi) is 1.71. The van der Waals surface area contributed by atoms with E-state index < -0.39 is 5.60 Å². The van der Waals surface area contributed by atoms with Crippen LogP contribution in [-0.4, -0.2) is 26.5 Å². The van der Waals surface area contributed by atoms with Crippen molar-refractivity contribution >= 4 is 0 Å². The molecule has 0 radical (unpaired) electrons. The molecule has 2 aliphatic rings. The average molecular weight is 223 g/mol. The molecule has 3 N–H and O–H groups in total. The predicted molar refractivity (Wildman–Crippen MR) is 55.2 cm³/mol. The summed E-state index contributed by atoms with van der Waals surface area (Å²) in [6, 6.07) is 0. The van der Waals surface area contributed by atoms with Crippen LogP contribution in [0.1, 0.15) is 24.2 Å². The van der Waals surface area contributed by atoms with E-state index in [-0.39, 0.29) is 24.5 Å². The third-order valence-electron chi connectivity index (χ3n) is 3.38. The van der Waals surface area contributed by atoms with E-state index in [9.17, 15) is 15.3 Å². The van der Waals surface area contributed by atoms with Crippen molar-refractivity contribution in [2.75, 3.05) is 6.61 Å². The molecule has 3 rings (SSSR count). The highest BCUT2D eigenvalue weighted by molar-refractivity contribution is 5.58. The van der Waals surface area contributed by atoms with E-state index in [4.69, 9.17) is 4.74 Å². The number of hydrogen-bond acceptors (Lipinski definition) is 4. The quantitative estimate of drug-likeness (QED) is 0.647. The van der Waals surface area contributed by atoms with Gasteiger partial charge >= 0.3 is 0 Å². The van der Waals surface area contributed by atoms with Gasteiger partial charge in [-0.3, -0.25) is 4.57 Å². The van der Waals surface area contributed by atoms with Gasteiger partial charge in [0.05, 0.1) is 17.7 Å². The number of rotatable bonds is 2. The molecule has 5 nitrogen and oxygen atoms in total. The van der Waals surface area contributed by atoms with Gasteiger partial charge in [0, 0.05) is 6.54 Å². The lowest BCUT2D eigenvalue weighted by Crippen LogP contribution is -2.25. The van der Waals surface area contributed by atoms with Crippen molar-refractivity contribution in [3.05, 3.63) is 23.3 Å². The second kappa shape index (κ2) is 2.81. The third-order valence-corrected chi connectivity index (χ3v) is 3.38. The van der Waals surface area contributed by atoms with E-state index in [2.05, 4.69) is 0 Å². The molecule has 1 aromatic rings. The number of aromatic nitrogens is 1. The van der Waals surface area contributed by atoms with Crippen LogP contribution in [-0.2, 0) is 16.9 Å². The molecule has 0 spiro atoms. The number of aliphatic hydroxyl groups excluding tert-OH is 1. The fourth-order valence-corrected chi connectivity index (χ4v) is 2.61. The summed E-state index contributed by atoms with van der Waals surface area (Å²) >= 11 is 0. The van der Waals surface area contributed by atoms with Crippen LogP contribution in [0.2, 0.25) is 0 Å². The Bertz CT molecular complexity index is 491. The fourth-order valence-electron chi connectivity index (χ4n) is 2.61. The van der Waals surface area contributed by atoms with Crippen molar-refractivity contribution in [2.45, 2.75) is 25.2 Å². The zero-order valence-corrected chi connectivity index (χ0v) is 8.84. The van der Waals surface area contributed by atoms with Gasteiger partial charge in [0.2, 0.25) is 11.8 Å². The average Bonchev–Trinajstić information content (AvgIpc) is 2.91. The highest BCUT2D eigenvalue weighted by Crippen LogP contribution is 2.57.